The fraction of sp³-hybridized carbons (Fsp3) is 0.485. The second-order valence-electron chi connectivity index (χ2n) is 12.8. The number of primary amides is 1. The first-order valence-corrected chi connectivity index (χ1v) is 15.2. The Kier molecular flexibility index (Phi) is 10.1. The summed E-state index contributed by atoms with van der Waals surface area (Å²) in [6.07, 6.45) is 2.84. The predicted octanol–water partition coefficient (Wildman–Crippen LogP) is 1.82. The van der Waals surface area contributed by atoms with Crippen molar-refractivity contribution in [1.29, 1.82) is 0 Å². The van der Waals surface area contributed by atoms with E-state index >= 15 is 0 Å². The maximum atomic E-state index is 14.2. The number of hydrogen-bond acceptors (Lipinski definition) is 6. The van der Waals surface area contributed by atoms with Crippen LogP contribution in [-0.4, -0.2) is 72.2 Å². The lowest BCUT2D eigenvalue weighted by molar-refractivity contribution is -0.144. The minimum absolute atomic E-state index is 0.0729. The maximum Gasteiger partial charge on any atom is 0.251 e. The van der Waals surface area contributed by atoms with E-state index in [1.807, 2.05) is 39.0 Å². The number of aryl methyl sites for hydroxylation is 1. The monoisotopic (exact) mass is 604 g/mol. The molecule has 0 unspecified atom stereocenters. The molecular weight excluding hydrogens is 560 g/mol. The van der Waals surface area contributed by atoms with Gasteiger partial charge in [0.2, 0.25) is 23.6 Å². The average Bonchev–Trinajstić information content (AvgIpc) is 3.42. The summed E-state index contributed by atoms with van der Waals surface area (Å²) in [7, 11) is 1.66. The number of amides is 5. The van der Waals surface area contributed by atoms with Crippen molar-refractivity contribution in [2.45, 2.75) is 83.6 Å². The number of carbonyl (C=O) groups excluding carboxylic acids is 5. The quantitative estimate of drug-likeness (QED) is 0.293. The zero-order chi connectivity index (χ0) is 32.2. The summed E-state index contributed by atoms with van der Waals surface area (Å²) in [5, 5.41) is 11.9. The van der Waals surface area contributed by atoms with Crippen molar-refractivity contribution in [3.8, 4) is 0 Å². The van der Waals surface area contributed by atoms with Gasteiger partial charge >= 0.3 is 0 Å². The molecular formula is C33H44N6O5. The molecule has 44 heavy (non-hydrogen) atoms. The van der Waals surface area contributed by atoms with Gasteiger partial charge in [0.15, 0.2) is 0 Å². The van der Waals surface area contributed by atoms with Gasteiger partial charge in [0.05, 0.1) is 12.1 Å². The van der Waals surface area contributed by atoms with Crippen molar-refractivity contribution >= 4 is 29.5 Å². The largest absolute Gasteiger partial charge is 0.366 e. The van der Waals surface area contributed by atoms with Gasteiger partial charge in [0.25, 0.3) is 5.91 Å². The van der Waals surface area contributed by atoms with Gasteiger partial charge in [-0.2, -0.15) is 0 Å². The Bertz CT molecular complexity index is 1420. The number of likely N-dealkylation sites (N-methyl/N-ethyl adjacent to an activating group) is 1. The lowest BCUT2D eigenvalue weighted by Gasteiger charge is -2.36. The molecule has 0 bridgehead atoms. The maximum absolute atomic E-state index is 14.2. The molecule has 1 aliphatic carbocycles. The molecule has 5 amide bonds. The number of rotatable bonds is 9. The van der Waals surface area contributed by atoms with Crippen LogP contribution in [0.2, 0.25) is 0 Å². The summed E-state index contributed by atoms with van der Waals surface area (Å²) >= 11 is 0. The standard InChI is InChI=1S/C33H44N6O5/c1-19(35-5)29(41)38-27(33(2,3)4)32(44)39-18-23(36-30(42)22-13-8-12-21(16-22)28(34)40)17-26(39)31(43)37-25-15-9-11-20-10-6-7-14-24(20)25/h6-8,10,12-14,16,19,23,25-27,35H,9,11,15,17-18H2,1-5H3,(H2,34,40)(H,36,42)(H,37,43)(H,38,41)/t19-,23-,25+,26-,27+/m0/s1. The molecule has 11 heteroatoms. The van der Waals surface area contributed by atoms with E-state index in [1.165, 1.54) is 22.6 Å². The third-order valence-corrected chi connectivity index (χ3v) is 8.54. The number of nitrogens with two attached hydrogens (primary N) is 1. The molecule has 0 radical (unpaired) electrons. The highest BCUT2D eigenvalue weighted by molar-refractivity contribution is 5.99. The van der Waals surface area contributed by atoms with Crippen LogP contribution >= 0.6 is 0 Å². The normalized spacial score (nSPS) is 21.0. The second kappa shape index (κ2) is 13.6. The van der Waals surface area contributed by atoms with Crippen LogP contribution in [0.3, 0.4) is 0 Å². The minimum Gasteiger partial charge on any atom is -0.366 e. The molecule has 1 aliphatic heterocycles. The Hall–Kier alpha value is -4.25. The highest BCUT2D eigenvalue weighted by Gasteiger charge is 2.46. The predicted molar refractivity (Wildman–Crippen MR) is 167 cm³/mol. The Balaban J connectivity index is 1.60. The van der Waals surface area contributed by atoms with Gasteiger partial charge in [-0.15, -0.1) is 0 Å². The van der Waals surface area contributed by atoms with Crippen molar-refractivity contribution in [2.24, 2.45) is 11.1 Å². The highest BCUT2D eigenvalue weighted by Crippen LogP contribution is 2.31. The van der Waals surface area contributed by atoms with E-state index in [9.17, 15) is 24.0 Å². The molecule has 1 saturated heterocycles. The van der Waals surface area contributed by atoms with Crippen molar-refractivity contribution in [2.75, 3.05) is 13.6 Å². The summed E-state index contributed by atoms with van der Waals surface area (Å²) in [5.74, 6) is -2.14. The average molecular weight is 605 g/mol. The molecule has 2 aromatic carbocycles. The number of likely N-dealkylation sites (tertiary alicyclic amines) is 1. The van der Waals surface area contributed by atoms with E-state index < -0.39 is 47.3 Å². The zero-order valence-electron chi connectivity index (χ0n) is 26.1. The SMILES string of the molecule is CN[C@@H](C)C(=O)N[C@H](C(=O)N1C[C@@H](NC(=O)c2cccc(C(N)=O)c2)C[C@H]1C(=O)N[C@@H]1CCCc2ccccc21)C(C)(C)C. The molecule has 1 heterocycles. The highest BCUT2D eigenvalue weighted by atomic mass is 16.2. The summed E-state index contributed by atoms with van der Waals surface area (Å²) < 4.78 is 0. The Morgan fingerprint density at radius 2 is 1.68 bits per heavy atom. The molecule has 0 saturated carbocycles. The van der Waals surface area contributed by atoms with Crippen LogP contribution in [0.15, 0.2) is 48.5 Å². The number of carbonyl (C=O) groups is 5. The molecule has 4 rings (SSSR count). The van der Waals surface area contributed by atoms with Crippen LogP contribution in [0, 0.1) is 5.41 Å². The molecule has 236 valence electrons. The van der Waals surface area contributed by atoms with Gasteiger partial charge in [-0.05, 0) is 74.4 Å². The summed E-state index contributed by atoms with van der Waals surface area (Å²) in [4.78, 5) is 67.4. The van der Waals surface area contributed by atoms with Crippen molar-refractivity contribution in [3.63, 3.8) is 0 Å². The van der Waals surface area contributed by atoms with Gasteiger partial charge < -0.3 is 31.9 Å². The summed E-state index contributed by atoms with van der Waals surface area (Å²) in [6, 6.07) is 11.0. The second-order valence-corrected chi connectivity index (χ2v) is 12.8. The first kappa shape index (κ1) is 32.7. The molecule has 5 atom stereocenters. The van der Waals surface area contributed by atoms with Crippen molar-refractivity contribution in [3.05, 3.63) is 70.8 Å². The Morgan fingerprint density at radius 1 is 0.977 bits per heavy atom. The lowest BCUT2D eigenvalue weighted by atomic mass is 9.85. The van der Waals surface area contributed by atoms with Crippen LogP contribution in [-0.2, 0) is 20.8 Å². The topological polar surface area (TPSA) is 163 Å². The van der Waals surface area contributed by atoms with E-state index in [0.717, 1.165) is 24.8 Å². The van der Waals surface area contributed by atoms with Gasteiger partial charge in [-0.3, -0.25) is 24.0 Å². The van der Waals surface area contributed by atoms with Crippen LogP contribution in [0.4, 0.5) is 0 Å². The van der Waals surface area contributed by atoms with Gasteiger partial charge in [0.1, 0.15) is 12.1 Å². The van der Waals surface area contributed by atoms with Crippen molar-refractivity contribution < 1.29 is 24.0 Å². The van der Waals surface area contributed by atoms with Gasteiger partial charge in [-0.1, -0.05) is 51.1 Å². The molecule has 6 N–H and O–H groups in total. The zero-order valence-corrected chi connectivity index (χ0v) is 26.1. The van der Waals surface area contributed by atoms with E-state index in [0.29, 0.717) is 0 Å². The van der Waals surface area contributed by atoms with Crippen LogP contribution in [0.25, 0.3) is 0 Å². The third kappa shape index (κ3) is 7.45. The number of fused-ring (bicyclic) bond motifs is 1. The third-order valence-electron chi connectivity index (χ3n) is 8.54. The fourth-order valence-electron chi connectivity index (χ4n) is 5.90. The van der Waals surface area contributed by atoms with Crippen LogP contribution in [0.1, 0.15) is 84.8 Å². The smallest absolute Gasteiger partial charge is 0.251 e. The molecule has 11 nitrogen and oxygen atoms in total. The number of hydrogen-bond donors (Lipinski definition) is 5. The number of nitrogens with one attached hydrogen (secondary N) is 4. The first-order chi connectivity index (χ1) is 20.8. The summed E-state index contributed by atoms with van der Waals surface area (Å²) in [6.45, 7) is 7.34. The molecule has 0 aromatic heterocycles. The molecule has 2 aliphatic rings. The number of benzene rings is 2. The molecule has 0 spiro atoms. The molecule has 1 fully saturated rings. The molecule has 2 aromatic rings. The lowest BCUT2D eigenvalue weighted by Crippen LogP contribution is -2.59. The van der Waals surface area contributed by atoms with Gasteiger partial charge in [0, 0.05) is 23.7 Å². The first-order valence-electron chi connectivity index (χ1n) is 15.2. The fourth-order valence-corrected chi connectivity index (χ4v) is 5.90. The van der Waals surface area contributed by atoms with Crippen molar-refractivity contribution in [1.82, 2.24) is 26.2 Å². The van der Waals surface area contributed by atoms with E-state index in [1.54, 1.807) is 26.1 Å². The van der Waals surface area contributed by atoms with Gasteiger partial charge in [-0.25, -0.2) is 0 Å². The van der Waals surface area contributed by atoms with E-state index in [4.69, 9.17) is 5.73 Å². The van der Waals surface area contributed by atoms with Crippen LogP contribution in [0.5, 0.6) is 0 Å². The summed E-state index contributed by atoms with van der Waals surface area (Å²) in [5.41, 5.74) is 7.43. The minimum atomic E-state index is -0.918. The number of nitrogens with zero attached hydrogens (tertiary/aromatic N) is 1. The Morgan fingerprint density at radius 3 is 2.36 bits per heavy atom. The van der Waals surface area contributed by atoms with Crippen LogP contribution < -0.4 is 27.0 Å². The Labute approximate surface area is 258 Å². The van der Waals surface area contributed by atoms with E-state index in [2.05, 4.69) is 27.3 Å². The van der Waals surface area contributed by atoms with E-state index in [-0.39, 0.29) is 41.9 Å².